The highest BCUT2D eigenvalue weighted by Gasteiger charge is 2.49. The smallest absolute Gasteiger partial charge is 0.325 e. The molecular weight excluding hydrogens is 380 g/mol. The second kappa shape index (κ2) is 7.58. The van der Waals surface area contributed by atoms with E-state index in [1.165, 1.54) is 38.3 Å². The maximum Gasteiger partial charge on any atom is 0.325 e. The van der Waals surface area contributed by atoms with E-state index in [4.69, 9.17) is 4.74 Å². The van der Waals surface area contributed by atoms with Gasteiger partial charge in [0.25, 0.3) is 11.6 Å². The van der Waals surface area contributed by atoms with Gasteiger partial charge < -0.3 is 15.4 Å². The minimum absolute atomic E-state index is 0.208. The second-order valence-electron chi connectivity index (χ2n) is 6.53. The number of rotatable bonds is 6. The van der Waals surface area contributed by atoms with Crippen LogP contribution in [-0.4, -0.2) is 41.3 Å². The van der Waals surface area contributed by atoms with Crippen LogP contribution in [0, 0.1) is 10.1 Å². The number of methoxy groups -OCH3 is 1. The van der Waals surface area contributed by atoms with E-state index in [1.807, 2.05) is 0 Å². The van der Waals surface area contributed by atoms with Crippen LogP contribution in [0.3, 0.4) is 0 Å². The average molecular weight is 398 g/mol. The predicted octanol–water partition coefficient (Wildman–Crippen LogP) is 2.01. The van der Waals surface area contributed by atoms with Crippen LogP contribution in [0.2, 0.25) is 0 Å². The van der Waals surface area contributed by atoms with Crippen molar-refractivity contribution in [3.8, 4) is 5.75 Å². The number of ether oxygens (including phenoxy) is 1. The second-order valence-corrected chi connectivity index (χ2v) is 6.53. The minimum Gasteiger partial charge on any atom is -0.497 e. The quantitative estimate of drug-likeness (QED) is 0.435. The van der Waals surface area contributed by atoms with Gasteiger partial charge in [-0.25, -0.2) is 4.79 Å². The summed E-state index contributed by atoms with van der Waals surface area (Å²) in [7, 11) is 1.49. The van der Waals surface area contributed by atoms with E-state index in [9.17, 15) is 24.5 Å². The number of benzene rings is 2. The van der Waals surface area contributed by atoms with Gasteiger partial charge in [-0.15, -0.1) is 0 Å². The molecule has 0 spiro atoms. The summed E-state index contributed by atoms with van der Waals surface area (Å²) in [6, 6.07) is 11.3. The van der Waals surface area contributed by atoms with Crippen LogP contribution in [0.25, 0.3) is 0 Å². The van der Waals surface area contributed by atoms with E-state index in [-0.39, 0.29) is 11.3 Å². The van der Waals surface area contributed by atoms with Gasteiger partial charge in [-0.05, 0) is 24.6 Å². The lowest BCUT2D eigenvalue weighted by atomic mass is 9.91. The van der Waals surface area contributed by atoms with Gasteiger partial charge in [0.2, 0.25) is 5.91 Å². The Bertz CT molecular complexity index is 1010. The third-order valence-corrected chi connectivity index (χ3v) is 4.56. The first kappa shape index (κ1) is 19.8. The number of carbonyl (C=O) groups is 3. The summed E-state index contributed by atoms with van der Waals surface area (Å²) in [4.78, 5) is 48.7. The molecular formula is C19H18N4O6. The number of nitro groups is 1. The topological polar surface area (TPSA) is 131 Å². The van der Waals surface area contributed by atoms with Crippen molar-refractivity contribution in [1.82, 2.24) is 10.2 Å². The Labute approximate surface area is 165 Å². The molecule has 1 saturated heterocycles. The van der Waals surface area contributed by atoms with Crippen molar-refractivity contribution < 1.29 is 24.0 Å². The van der Waals surface area contributed by atoms with Crippen LogP contribution >= 0.6 is 0 Å². The van der Waals surface area contributed by atoms with Crippen LogP contribution < -0.4 is 15.4 Å². The maximum atomic E-state index is 12.9. The number of non-ortho nitro benzene ring substituents is 1. The maximum absolute atomic E-state index is 12.9. The Morgan fingerprint density at radius 1 is 1.24 bits per heavy atom. The lowest BCUT2D eigenvalue weighted by Crippen LogP contribution is -2.42. The van der Waals surface area contributed by atoms with E-state index in [1.54, 1.807) is 24.3 Å². The summed E-state index contributed by atoms with van der Waals surface area (Å²) in [5.74, 6) is -0.718. The number of nitrogens with one attached hydrogen (secondary N) is 2. The fourth-order valence-electron chi connectivity index (χ4n) is 3.01. The summed E-state index contributed by atoms with van der Waals surface area (Å²) in [5, 5.41) is 16.1. The molecule has 2 aromatic carbocycles. The molecule has 1 aliphatic rings. The Hall–Kier alpha value is -3.95. The molecule has 1 fully saturated rings. The van der Waals surface area contributed by atoms with Crippen molar-refractivity contribution >= 4 is 29.2 Å². The highest BCUT2D eigenvalue weighted by Crippen LogP contribution is 2.30. The number of nitrogens with zero attached hydrogens (tertiary/aromatic N) is 2. The highest BCUT2D eigenvalue weighted by atomic mass is 16.6. The molecule has 0 aromatic heterocycles. The van der Waals surface area contributed by atoms with Crippen LogP contribution in [0.15, 0.2) is 48.5 Å². The number of urea groups is 1. The Kier molecular flexibility index (Phi) is 5.18. The minimum atomic E-state index is -1.51. The van der Waals surface area contributed by atoms with Crippen molar-refractivity contribution in [3.05, 3.63) is 64.2 Å². The number of hydrogen-bond acceptors (Lipinski definition) is 6. The summed E-state index contributed by atoms with van der Waals surface area (Å²) in [6.07, 6.45) is 0. The first-order valence-corrected chi connectivity index (χ1v) is 8.57. The van der Waals surface area contributed by atoms with Gasteiger partial charge in [0.15, 0.2) is 0 Å². The molecule has 0 radical (unpaired) electrons. The highest BCUT2D eigenvalue weighted by molar-refractivity contribution is 6.10. The van der Waals surface area contributed by atoms with Crippen molar-refractivity contribution in [2.24, 2.45) is 0 Å². The molecule has 2 aromatic rings. The fourth-order valence-corrected chi connectivity index (χ4v) is 3.01. The number of nitro benzene ring substituents is 1. The molecule has 1 unspecified atom stereocenters. The molecule has 2 N–H and O–H groups in total. The van der Waals surface area contributed by atoms with Gasteiger partial charge >= 0.3 is 6.03 Å². The van der Waals surface area contributed by atoms with E-state index >= 15 is 0 Å². The number of amides is 4. The summed E-state index contributed by atoms with van der Waals surface area (Å²) < 4.78 is 5.08. The predicted molar refractivity (Wildman–Crippen MR) is 102 cm³/mol. The van der Waals surface area contributed by atoms with Gasteiger partial charge in [0.05, 0.1) is 12.0 Å². The number of hydrogen-bond donors (Lipinski definition) is 2. The summed E-state index contributed by atoms with van der Waals surface area (Å²) >= 11 is 0. The lowest BCUT2D eigenvalue weighted by Gasteiger charge is -2.22. The van der Waals surface area contributed by atoms with Crippen molar-refractivity contribution in [1.29, 1.82) is 0 Å². The van der Waals surface area contributed by atoms with Gasteiger partial charge in [0.1, 0.15) is 17.8 Å². The third kappa shape index (κ3) is 3.86. The van der Waals surface area contributed by atoms with Crippen LogP contribution in [-0.2, 0) is 15.1 Å². The van der Waals surface area contributed by atoms with E-state index in [0.29, 0.717) is 11.4 Å². The first-order chi connectivity index (χ1) is 13.7. The molecule has 10 heteroatoms. The molecule has 150 valence electrons. The largest absolute Gasteiger partial charge is 0.497 e. The number of imide groups is 1. The average Bonchev–Trinajstić information content (AvgIpc) is 2.92. The normalized spacial score (nSPS) is 18.3. The third-order valence-electron chi connectivity index (χ3n) is 4.56. The summed E-state index contributed by atoms with van der Waals surface area (Å²) in [6.45, 7) is 0.929. The first-order valence-electron chi connectivity index (χ1n) is 8.57. The standard InChI is InChI=1S/C19H18N4O6/c1-19(12-5-3-7-14(9-12)23(27)28)17(25)22(18(26)21-19)11-16(24)20-13-6-4-8-15(10-13)29-2/h3-10H,11H2,1-2H3,(H,20,24)(H,21,26). The zero-order valence-electron chi connectivity index (χ0n) is 15.7. The van der Waals surface area contributed by atoms with Gasteiger partial charge in [-0.3, -0.25) is 24.6 Å². The van der Waals surface area contributed by atoms with Gasteiger partial charge in [0, 0.05) is 23.9 Å². The monoisotopic (exact) mass is 398 g/mol. The van der Waals surface area contributed by atoms with Gasteiger partial charge in [-0.2, -0.15) is 0 Å². The molecule has 0 bridgehead atoms. The Morgan fingerprint density at radius 2 is 1.97 bits per heavy atom. The molecule has 4 amide bonds. The van der Waals surface area contributed by atoms with E-state index in [2.05, 4.69) is 10.6 Å². The van der Waals surface area contributed by atoms with Crippen molar-refractivity contribution in [2.75, 3.05) is 19.0 Å². The Balaban J connectivity index is 1.77. The zero-order valence-corrected chi connectivity index (χ0v) is 15.7. The van der Waals surface area contributed by atoms with Crippen LogP contribution in [0.4, 0.5) is 16.2 Å². The molecule has 0 aliphatic carbocycles. The molecule has 0 saturated carbocycles. The SMILES string of the molecule is COc1cccc(NC(=O)CN2C(=O)NC(C)(c3cccc([N+](=O)[O-])c3)C2=O)c1. The van der Waals surface area contributed by atoms with Crippen LogP contribution in [0.1, 0.15) is 12.5 Å². The molecule has 1 aliphatic heterocycles. The number of carbonyl (C=O) groups excluding carboxylic acids is 3. The molecule has 3 rings (SSSR count). The van der Waals surface area contributed by atoms with Gasteiger partial charge in [-0.1, -0.05) is 18.2 Å². The molecule has 1 heterocycles. The fraction of sp³-hybridized carbons (Fsp3) is 0.211. The Morgan fingerprint density at radius 3 is 2.66 bits per heavy atom. The summed E-state index contributed by atoms with van der Waals surface area (Å²) in [5.41, 5.74) is -1.03. The van der Waals surface area contributed by atoms with Crippen LogP contribution in [0.5, 0.6) is 5.75 Å². The molecule has 29 heavy (non-hydrogen) atoms. The molecule has 1 atom stereocenters. The van der Waals surface area contributed by atoms with Crippen molar-refractivity contribution in [2.45, 2.75) is 12.5 Å². The zero-order chi connectivity index (χ0) is 21.2. The van der Waals surface area contributed by atoms with Crippen molar-refractivity contribution in [3.63, 3.8) is 0 Å². The molecule has 10 nitrogen and oxygen atoms in total. The number of anilines is 1. The van der Waals surface area contributed by atoms with E-state index in [0.717, 1.165) is 4.90 Å². The van der Waals surface area contributed by atoms with E-state index < -0.39 is 34.9 Å². The lowest BCUT2D eigenvalue weighted by molar-refractivity contribution is -0.385.